The summed E-state index contributed by atoms with van der Waals surface area (Å²) >= 11 is 11.0. The number of aliphatic carboxylic acids is 1. The van der Waals surface area contributed by atoms with Gasteiger partial charge < -0.3 is 9.84 Å². The zero-order chi connectivity index (χ0) is 20.3. The van der Waals surface area contributed by atoms with Crippen LogP contribution in [0, 0.1) is 0 Å². The van der Waals surface area contributed by atoms with Gasteiger partial charge in [-0.3, -0.25) is 19.8 Å². The molecule has 0 saturated carbocycles. The molecule has 3 rings (SSSR count). The minimum atomic E-state index is -1.09. The maximum Gasteiger partial charge on any atom is 0.341 e. The molecule has 0 atom stereocenters. The number of anilines is 1. The minimum Gasteiger partial charge on any atom is -0.482 e. The first-order valence-electron chi connectivity index (χ1n) is 7.97. The molecule has 142 valence electrons. The third kappa shape index (κ3) is 4.36. The number of carbonyl (C=O) groups excluding carboxylic acids is 2. The molecule has 1 fully saturated rings. The number of thiocarbonyl (C=S) groups is 1. The van der Waals surface area contributed by atoms with Crippen LogP contribution in [0.15, 0.2) is 54.1 Å². The number of carboxylic acids is 1. The number of halogens is 1. The molecule has 0 radical (unpaired) electrons. The van der Waals surface area contributed by atoms with Crippen LogP contribution in [0.3, 0.4) is 0 Å². The van der Waals surface area contributed by atoms with Gasteiger partial charge in [-0.25, -0.2) is 4.79 Å². The van der Waals surface area contributed by atoms with Gasteiger partial charge in [-0.2, -0.15) is 0 Å². The molecular formula is C19H13ClN2O5S. The molecule has 2 amide bonds. The average Bonchev–Trinajstić information content (AvgIpc) is 2.66. The third-order valence-electron chi connectivity index (χ3n) is 3.74. The van der Waals surface area contributed by atoms with E-state index in [9.17, 15) is 14.4 Å². The molecule has 28 heavy (non-hydrogen) atoms. The van der Waals surface area contributed by atoms with E-state index in [0.717, 1.165) is 0 Å². The van der Waals surface area contributed by atoms with Gasteiger partial charge in [0.25, 0.3) is 11.8 Å². The second-order valence-corrected chi connectivity index (χ2v) is 6.51. The maximum atomic E-state index is 12.9. The van der Waals surface area contributed by atoms with Gasteiger partial charge in [0.1, 0.15) is 11.3 Å². The van der Waals surface area contributed by atoms with Crippen molar-refractivity contribution in [3.63, 3.8) is 0 Å². The largest absolute Gasteiger partial charge is 0.482 e. The number of ether oxygens (including phenoxy) is 1. The topological polar surface area (TPSA) is 95.9 Å². The van der Waals surface area contributed by atoms with Crippen LogP contribution in [0.5, 0.6) is 5.75 Å². The van der Waals surface area contributed by atoms with E-state index in [2.05, 4.69) is 5.32 Å². The predicted octanol–water partition coefficient (Wildman–Crippen LogP) is 2.63. The Bertz CT molecular complexity index is 986. The summed E-state index contributed by atoms with van der Waals surface area (Å²) < 4.78 is 5.05. The van der Waals surface area contributed by atoms with E-state index < -0.39 is 24.4 Å². The second kappa shape index (κ2) is 8.20. The van der Waals surface area contributed by atoms with Gasteiger partial charge in [-0.1, -0.05) is 23.7 Å². The number of benzene rings is 2. The number of amides is 2. The minimum absolute atomic E-state index is 0.0214. The lowest BCUT2D eigenvalue weighted by molar-refractivity contribution is -0.139. The van der Waals surface area contributed by atoms with E-state index in [1.54, 1.807) is 48.5 Å². The highest BCUT2D eigenvalue weighted by Gasteiger charge is 2.34. The predicted molar refractivity (Wildman–Crippen MR) is 107 cm³/mol. The van der Waals surface area contributed by atoms with E-state index in [-0.39, 0.29) is 10.7 Å². The number of rotatable bonds is 5. The van der Waals surface area contributed by atoms with E-state index in [4.69, 9.17) is 33.7 Å². The van der Waals surface area contributed by atoms with Gasteiger partial charge in [-0.05, 0) is 60.3 Å². The van der Waals surface area contributed by atoms with Gasteiger partial charge in [0, 0.05) is 5.02 Å². The standard InChI is InChI=1S/C19H13ClN2O5S/c20-12-3-5-13(6-4-12)22-18(26)15(17(25)21-19(22)28)9-11-1-7-14(8-2-11)27-10-16(23)24/h1-9H,10H2,(H,23,24)(H,21,25,28). The lowest BCUT2D eigenvalue weighted by atomic mass is 10.1. The molecule has 2 aromatic carbocycles. The molecule has 0 bridgehead atoms. The molecule has 0 spiro atoms. The Morgan fingerprint density at radius 2 is 1.79 bits per heavy atom. The smallest absolute Gasteiger partial charge is 0.341 e. The van der Waals surface area contributed by atoms with Crippen molar-refractivity contribution in [3.8, 4) is 5.75 Å². The summed E-state index contributed by atoms with van der Waals surface area (Å²) in [7, 11) is 0. The molecule has 1 aliphatic heterocycles. The number of hydrogen-bond donors (Lipinski definition) is 2. The molecule has 7 nitrogen and oxygen atoms in total. The highest BCUT2D eigenvalue weighted by Crippen LogP contribution is 2.24. The van der Waals surface area contributed by atoms with Crippen LogP contribution in [0.25, 0.3) is 6.08 Å². The van der Waals surface area contributed by atoms with Crippen LogP contribution in [0.1, 0.15) is 5.56 Å². The summed E-state index contributed by atoms with van der Waals surface area (Å²) in [5.41, 5.74) is 0.940. The zero-order valence-corrected chi connectivity index (χ0v) is 15.8. The van der Waals surface area contributed by atoms with Crippen LogP contribution < -0.4 is 15.0 Å². The average molecular weight is 417 g/mol. The summed E-state index contributed by atoms with van der Waals surface area (Å²) in [6.45, 7) is -0.463. The molecular weight excluding hydrogens is 404 g/mol. The first-order valence-corrected chi connectivity index (χ1v) is 8.75. The SMILES string of the molecule is O=C(O)COc1ccc(C=C2C(=O)NC(=S)N(c3ccc(Cl)cc3)C2=O)cc1. The van der Waals surface area contributed by atoms with Crippen molar-refractivity contribution in [2.24, 2.45) is 0 Å². The van der Waals surface area contributed by atoms with Gasteiger partial charge in [0.05, 0.1) is 5.69 Å². The van der Waals surface area contributed by atoms with Crippen molar-refractivity contribution in [1.82, 2.24) is 5.32 Å². The first-order chi connectivity index (χ1) is 13.3. The molecule has 1 aliphatic rings. The lowest BCUT2D eigenvalue weighted by Crippen LogP contribution is -2.54. The number of nitrogens with zero attached hydrogens (tertiary/aromatic N) is 1. The lowest BCUT2D eigenvalue weighted by Gasteiger charge is -2.28. The van der Waals surface area contributed by atoms with E-state index in [0.29, 0.717) is 22.0 Å². The second-order valence-electron chi connectivity index (χ2n) is 5.69. The molecule has 0 aliphatic carbocycles. The van der Waals surface area contributed by atoms with Crippen molar-refractivity contribution in [1.29, 1.82) is 0 Å². The quantitative estimate of drug-likeness (QED) is 0.442. The third-order valence-corrected chi connectivity index (χ3v) is 4.28. The van der Waals surface area contributed by atoms with Crippen molar-refractivity contribution < 1.29 is 24.2 Å². The molecule has 9 heteroatoms. The van der Waals surface area contributed by atoms with Gasteiger partial charge in [0.2, 0.25) is 0 Å². The summed E-state index contributed by atoms with van der Waals surface area (Å²) in [4.78, 5) is 36.9. The fourth-order valence-electron chi connectivity index (χ4n) is 2.45. The van der Waals surface area contributed by atoms with E-state index in [1.807, 2.05) is 0 Å². The van der Waals surface area contributed by atoms with Crippen molar-refractivity contribution >= 4 is 58.5 Å². The normalized spacial score (nSPS) is 15.5. The zero-order valence-electron chi connectivity index (χ0n) is 14.2. The Morgan fingerprint density at radius 1 is 1.14 bits per heavy atom. The number of nitrogens with one attached hydrogen (secondary N) is 1. The highest BCUT2D eigenvalue weighted by molar-refractivity contribution is 7.80. The van der Waals surface area contributed by atoms with Crippen molar-refractivity contribution in [3.05, 3.63) is 64.7 Å². The first kappa shape index (κ1) is 19.5. The maximum absolute atomic E-state index is 12.9. The molecule has 1 heterocycles. The fraction of sp³-hybridized carbons (Fsp3) is 0.0526. The Labute approximate surface area is 170 Å². The Kier molecular flexibility index (Phi) is 5.72. The molecule has 0 aromatic heterocycles. The summed E-state index contributed by atoms with van der Waals surface area (Å²) in [5.74, 6) is -1.91. The fourth-order valence-corrected chi connectivity index (χ4v) is 2.86. The molecule has 0 unspecified atom stereocenters. The van der Waals surface area contributed by atoms with E-state index in [1.165, 1.54) is 11.0 Å². The highest BCUT2D eigenvalue weighted by atomic mass is 35.5. The summed E-state index contributed by atoms with van der Waals surface area (Å²) in [6, 6.07) is 12.8. The van der Waals surface area contributed by atoms with Gasteiger partial charge in [0.15, 0.2) is 11.7 Å². The number of carboxylic acid groups (broad SMARTS) is 1. The Hall–Kier alpha value is -3.23. The summed E-state index contributed by atoms with van der Waals surface area (Å²) in [5, 5.41) is 11.6. The summed E-state index contributed by atoms with van der Waals surface area (Å²) in [6.07, 6.45) is 1.42. The Morgan fingerprint density at radius 3 is 2.39 bits per heavy atom. The molecule has 1 saturated heterocycles. The molecule has 2 N–H and O–H groups in total. The van der Waals surface area contributed by atoms with Crippen LogP contribution in [-0.4, -0.2) is 34.6 Å². The van der Waals surface area contributed by atoms with Crippen molar-refractivity contribution in [2.45, 2.75) is 0 Å². The van der Waals surface area contributed by atoms with Gasteiger partial charge >= 0.3 is 5.97 Å². The Balaban J connectivity index is 1.86. The van der Waals surface area contributed by atoms with Crippen LogP contribution in [0.2, 0.25) is 5.02 Å². The van der Waals surface area contributed by atoms with Gasteiger partial charge in [-0.15, -0.1) is 0 Å². The van der Waals surface area contributed by atoms with E-state index >= 15 is 0 Å². The molecule has 2 aromatic rings. The monoisotopic (exact) mass is 416 g/mol. The van der Waals surface area contributed by atoms with Crippen LogP contribution in [0.4, 0.5) is 5.69 Å². The number of carbonyl (C=O) groups is 3. The van der Waals surface area contributed by atoms with Crippen molar-refractivity contribution in [2.75, 3.05) is 11.5 Å². The number of hydrogen-bond acceptors (Lipinski definition) is 5. The van der Waals surface area contributed by atoms with Crippen LogP contribution >= 0.6 is 23.8 Å². The van der Waals surface area contributed by atoms with Crippen LogP contribution in [-0.2, 0) is 14.4 Å².